The molecule has 0 amide bonds. The van der Waals surface area contributed by atoms with Crippen LogP contribution >= 0.6 is 15.9 Å². The van der Waals surface area contributed by atoms with Gasteiger partial charge in [-0.2, -0.15) is 0 Å². The first kappa shape index (κ1) is 12.4. The Morgan fingerprint density at radius 1 is 1.05 bits per heavy atom. The molecular formula is C15H14BrN3. The van der Waals surface area contributed by atoms with Crippen LogP contribution in [0.25, 0.3) is 16.8 Å². The van der Waals surface area contributed by atoms with Crippen molar-refractivity contribution >= 4 is 21.6 Å². The van der Waals surface area contributed by atoms with E-state index in [-0.39, 0.29) is 0 Å². The fraction of sp³-hybridized carbons (Fsp3) is 0.200. The highest BCUT2D eigenvalue weighted by Gasteiger charge is 2.12. The summed E-state index contributed by atoms with van der Waals surface area (Å²) in [7, 11) is 0. The van der Waals surface area contributed by atoms with Crippen molar-refractivity contribution in [2.45, 2.75) is 20.8 Å². The predicted molar refractivity (Wildman–Crippen MR) is 80.3 cm³/mol. The highest BCUT2D eigenvalue weighted by atomic mass is 79.9. The number of pyridine rings is 2. The van der Waals surface area contributed by atoms with Gasteiger partial charge < -0.3 is 0 Å². The van der Waals surface area contributed by atoms with Gasteiger partial charge >= 0.3 is 0 Å². The van der Waals surface area contributed by atoms with Crippen LogP contribution in [-0.2, 0) is 0 Å². The predicted octanol–water partition coefficient (Wildman–Crippen LogP) is 4.08. The van der Waals surface area contributed by atoms with Crippen LogP contribution < -0.4 is 0 Å². The minimum absolute atomic E-state index is 0.964. The van der Waals surface area contributed by atoms with Gasteiger partial charge in [0.15, 0.2) is 0 Å². The summed E-state index contributed by atoms with van der Waals surface area (Å²) in [5, 5.41) is 0. The zero-order valence-electron chi connectivity index (χ0n) is 11.1. The van der Waals surface area contributed by atoms with Crippen molar-refractivity contribution in [3.8, 4) is 11.1 Å². The third kappa shape index (κ3) is 1.96. The van der Waals surface area contributed by atoms with Crippen LogP contribution in [0.1, 0.15) is 17.0 Å². The van der Waals surface area contributed by atoms with Gasteiger partial charge in [0.2, 0.25) is 0 Å². The molecule has 0 saturated carbocycles. The van der Waals surface area contributed by atoms with Gasteiger partial charge in [-0.25, -0.2) is 4.98 Å². The van der Waals surface area contributed by atoms with E-state index < -0.39 is 0 Å². The molecule has 0 atom stereocenters. The molecule has 0 aliphatic carbocycles. The van der Waals surface area contributed by atoms with E-state index in [0.29, 0.717) is 0 Å². The number of hydrogen-bond donors (Lipinski definition) is 0. The van der Waals surface area contributed by atoms with E-state index in [1.807, 2.05) is 25.4 Å². The van der Waals surface area contributed by atoms with E-state index in [2.05, 4.69) is 56.3 Å². The average Bonchev–Trinajstić information content (AvgIpc) is 2.73. The van der Waals surface area contributed by atoms with Gasteiger partial charge in [0.05, 0.1) is 6.20 Å². The second-order valence-electron chi connectivity index (χ2n) is 4.75. The first-order valence-electron chi connectivity index (χ1n) is 6.14. The Kier molecular flexibility index (Phi) is 2.90. The maximum atomic E-state index is 4.39. The highest BCUT2D eigenvalue weighted by Crippen LogP contribution is 2.29. The SMILES string of the molecule is Cc1ccc(-c2c(C)cc3ncc(Br)n3c2C)cn1. The summed E-state index contributed by atoms with van der Waals surface area (Å²) in [6.45, 7) is 6.23. The Morgan fingerprint density at radius 3 is 2.53 bits per heavy atom. The van der Waals surface area contributed by atoms with E-state index in [4.69, 9.17) is 0 Å². The molecule has 3 aromatic heterocycles. The van der Waals surface area contributed by atoms with Gasteiger partial charge in [-0.3, -0.25) is 9.38 Å². The summed E-state index contributed by atoms with van der Waals surface area (Å²) in [6, 6.07) is 6.27. The summed E-state index contributed by atoms with van der Waals surface area (Å²) in [4.78, 5) is 8.78. The number of fused-ring (bicyclic) bond motifs is 1. The minimum Gasteiger partial charge on any atom is -0.291 e. The second kappa shape index (κ2) is 4.46. The lowest BCUT2D eigenvalue weighted by Crippen LogP contribution is -1.98. The zero-order valence-corrected chi connectivity index (χ0v) is 12.7. The maximum absolute atomic E-state index is 4.39. The summed E-state index contributed by atoms with van der Waals surface area (Å²) in [5.41, 5.74) is 6.75. The Hall–Kier alpha value is -1.68. The van der Waals surface area contributed by atoms with Crippen molar-refractivity contribution < 1.29 is 0 Å². The molecule has 0 N–H and O–H groups in total. The highest BCUT2D eigenvalue weighted by molar-refractivity contribution is 9.10. The molecule has 0 aliphatic rings. The number of rotatable bonds is 1. The summed E-state index contributed by atoms with van der Waals surface area (Å²) < 4.78 is 3.09. The molecule has 0 aliphatic heterocycles. The molecule has 0 aromatic carbocycles. The molecule has 19 heavy (non-hydrogen) atoms. The number of halogens is 1. The molecule has 0 saturated heterocycles. The fourth-order valence-corrected chi connectivity index (χ4v) is 3.04. The van der Waals surface area contributed by atoms with Gasteiger partial charge in [0, 0.05) is 28.7 Å². The first-order chi connectivity index (χ1) is 9.08. The fourth-order valence-electron chi connectivity index (χ4n) is 2.49. The largest absolute Gasteiger partial charge is 0.291 e. The van der Waals surface area contributed by atoms with Crippen molar-refractivity contribution in [3.05, 3.63) is 52.1 Å². The van der Waals surface area contributed by atoms with Crippen molar-refractivity contribution in [2.24, 2.45) is 0 Å². The minimum atomic E-state index is 0.964. The number of imidazole rings is 1. The summed E-state index contributed by atoms with van der Waals surface area (Å²) in [6.07, 6.45) is 3.76. The lowest BCUT2D eigenvalue weighted by Gasteiger charge is -2.13. The average molecular weight is 316 g/mol. The molecule has 4 heteroatoms. The molecule has 3 nitrogen and oxygen atoms in total. The van der Waals surface area contributed by atoms with Crippen molar-refractivity contribution in [2.75, 3.05) is 0 Å². The molecular weight excluding hydrogens is 302 g/mol. The molecule has 0 bridgehead atoms. The van der Waals surface area contributed by atoms with Crippen molar-refractivity contribution in [3.63, 3.8) is 0 Å². The molecule has 3 heterocycles. The molecule has 3 rings (SSSR count). The Bertz CT molecular complexity index is 757. The van der Waals surface area contributed by atoms with Gasteiger partial charge in [0.1, 0.15) is 10.3 Å². The number of hydrogen-bond acceptors (Lipinski definition) is 2. The van der Waals surface area contributed by atoms with E-state index in [1.165, 1.54) is 16.8 Å². The zero-order chi connectivity index (χ0) is 13.6. The van der Waals surface area contributed by atoms with E-state index in [9.17, 15) is 0 Å². The Labute approximate surface area is 120 Å². The Balaban J connectivity index is 2.34. The van der Waals surface area contributed by atoms with E-state index in [1.54, 1.807) is 0 Å². The number of aromatic nitrogens is 3. The van der Waals surface area contributed by atoms with Gasteiger partial charge in [-0.15, -0.1) is 0 Å². The number of aryl methyl sites for hydroxylation is 3. The summed E-state index contributed by atoms with van der Waals surface area (Å²) >= 11 is 3.55. The molecule has 96 valence electrons. The quantitative estimate of drug-likeness (QED) is 0.677. The van der Waals surface area contributed by atoms with E-state index in [0.717, 1.165) is 21.5 Å². The second-order valence-corrected chi connectivity index (χ2v) is 5.56. The van der Waals surface area contributed by atoms with Crippen LogP contribution in [0.4, 0.5) is 0 Å². The lowest BCUT2D eigenvalue weighted by molar-refractivity contribution is 1.06. The van der Waals surface area contributed by atoms with Crippen molar-refractivity contribution in [1.29, 1.82) is 0 Å². The van der Waals surface area contributed by atoms with Crippen LogP contribution in [0.2, 0.25) is 0 Å². The topological polar surface area (TPSA) is 30.2 Å². The van der Waals surface area contributed by atoms with Crippen LogP contribution in [0.15, 0.2) is 35.2 Å². The number of nitrogens with zero attached hydrogens (tertiary/aromatic N) is 3. The third-order valence-corrected chi connectivity index (χ3v) is 3.94. The first-order valence-corrected chi connectivity index (χ1v) is 6.93. The van der Waals surface area contributed by atoms with Gasteiger partial charge in [0.25, 0.3) is 0 Å². The third-order valence-electron chi connectivity index (χ3n) is 3.38. The van der Waals surface area contributed by atoms with Crippen LogP contribution in [-0.4, -0.2) is 14.4 Å². The normalized spacial score (nSPS) is 11.2. The van der Waals surface area contributed by atoms with Gasteiger partial charge in [-0.05, 0) is 54.4 Å². The van der Waals surface area contributed by atoms with Crippen LogP contribution in [0.3, 0.4) is 0 Å². The standard InChI is InChI=1S/C15H14BrN3/c1-9-6-14-18-8-13(16)19(14)11(3)15(9)12-5-4-10(2)17-7-12/h4-8H,1-3H3. The van der Waals surface area contributed by atoms with Crippen LogP contribution in [0.5, 0.6) is 0 Å². The summed E-state index contributed by atoms with van der Waals surface area (Å²) in [5.74, 6) is 0. The Morgan fingerprint density at radius 2 is 1.84 bits per heavy atom. The lowest BCUT2D eigenvalue weighted by atomic mass is 10.0. The van der Waals surface area contributed by atoms with Crippen molar-refractivity contribution in [1.82, 2.24) is 14.4 Å². The molecule has 3 aromatic rings. The van der Waals surface area contributed by atoms with Crippen LogP contribution in [0, 0.1) is 20.8 Å². The smallest absolute Gasteiger partial charge is 0.138 e. The molecule has 0 radical (unpaired) electrons. The maximum Gasteiger partial charge on any atom is 0.138 e. The molecule has 0 unspecified atom stereocenters. The monoisotopic (exact) mass is 315 g/mol. The molecule has 0 spiro atoms. The van der Waals surface area contributed by atoms with E-state index >= 15 is 0 Å². The molecule has 0 fully saturated rings. The van der Waals surface area contributed by atoms with Gasteiger partial charge in [-0.1, -0.05) is 6.07 Å².